The molecule has 0 unspecified atom stereocenters. The van der Waals surface area contributed by atoms with Crippen LogP contribution >= 0.6 is 0 Å². The summed E-state index contributed by atoms with van der Waals surface area (Å²) in [5, 5.41) is 5.39. The summed E-state index contributed by atoms with van der Waals surface area (Å²) in [6, 6.07) is 8.11. The number of amides is 1. The lowest BCUT2D eigenvalue weighted by molar-refractivity contribution is -0.136. The zero-order valence-corrected chi connectivity index (χ0v) is 15.5. The molecule has 2 aromatic heterocycles. The molecule has 3 aromatic rings. The molecule has 1 aliphatic carbocycles. The highest BCUT2D eigenvalue weighted by Gasteiger charge is 2.34. The van der Waals surface area contributed by atoms with Crippen LogP contribution in [-0.4, -0.2) is 38.7 Å². The van der Waals surface area contributed by atoms with E-state index >= 15 is 0 Å². The van der Waals surface area contributed by atoms with Crippen LogP contribution in [0.4, 0.5) is 0 Å². The molecule has 1 saturated carbocycles. The molecule has 28 heavy (non-hydrogen) atoms. The average Bonchev–Trinajstić information content (AvgIpc) is 3.45. The number of benzene rings is 1. The van der Waals surface area contributed by atoms with Crippen LogP contribution in [0, 0.1) is 0 Å². The Hall–Kier alpha value is -3.16. The first-order valence-electron chi connectivity index (χ1n) is 9.49. The van der Waals surface area contributed by atoms with Gasteiger partial charge < -0.3 is 14.1 Å². The van der Waals surface area contributed by atoms with Gasteiger partial charge in [-0.05, 0) is 38.0 Å². The van der Waals surface area contributed by atoms with E-state index in [0.717, 1.165) is 29.9 Å². The molecule has 8 heteroatoms. The Morgan fingerprint density at radius 3 is 2.89 bits per heavy atom. The minimum absolute atomic E-state index is 0.0868. The normalized spacial score (nSPS) is 18.9. The van der Waals surface area contributed by atoms with E-state index in [4.69, 9.17) is 9.15 Å². The van der Waals surface area contributed by atoms with Gasteiger partial charge >= 0.3 is 5.63 Å². The van der Waals surface area contributed by atoms with E-state index in [9.17, 15) is 9.59 Å². The number of fused-ring (bicyclic) bond motifs is 2. The van der Waals surface area contributed by atoms with Crippen molar-refractivity contribution in [2.75, 3.05) is 13.2 Å². The number of ether oxygens (including phenoxy) is 1. The van der Waals surface area contributed by atoms with Gasteiger partial charge in [0.25, 0.3) is 5.91 Å². The molecule has 0 spiro atoms. The molecular weight excluding hydrogens is 360 g/mol. The van der Waals surface area contributed by atoms with Gasteiger partial charge in [0.2, 0.25) is 0 Å². The van der Waals surface area contributed by atoms with Crippen molar-refractivity contribution in [1.29, 1.82) is 0 Å². The van der Waals surface area contributed by atoms with Gasteiger partial charge in [-0.25, -0.2) is 14.5 Å². The highest BCUT2D eigenvalue weighted by Crippen LogP contribution is 2.39. The summed E-state index contributed by atoms with van der Waals surface area (Å²) in [6.45, 7) is 3.11. The summed E-state index contributed by atoms with van der Waals surface area (Å²) in [4.78, 5) is 30.5. The van der Waals surface area contributed by atoms with E-state index in [1.807, 2.05) is 11.6 Å². The van der Waals surface area contributed by atoms with E-state index < -0.39 is 5.63 Å². The van der Waals surface area contributed by atoms with Gasteiger partial charge in [-0.2, -0.15) is 5.10 Å². The van der Waals surface area contributed by atoms with Crippen LogP contribution in [0.2, 0.25) is 0 Å². The number of rotatable bonds is 4. The number of aromatic nitrogens is 3. The lowest BCUT2D eigenvalue weighted by atomic mass is 10.2. The smallest absolute Gasteiger partial charge is 0.336 e. The monoisotopic (exact) mass is 380 g/mol. The van der Waals surface area contributed by atoms with Gasteiger partial charge in [0, 0.05) is 30.0 Å². The number of hydrogen-bond acceptors (Lipinski definition) is 6. The molecule has 2 aliphatic rings. The molecule has 144 valence electrons. The summed E-state index contributed by atoms with van der Waals surface area (Å²) >= 11 is 0. The molecule has 0 bridgehead atoms. The lowest BCUT2D eigenvalue weighted by Crippen LogP contribution is -2.43. The van der Waals surface area contributed by atoms with E-state index in [-0.39, 0.29) is 18.6 Å². The maximum Gasteiger partial charge on any atom is 0.336 e. The number of carbonyl (C=O) groups is 1. The third kappa shape index (κ3) is 3.04. The molecule has 3 heterocycles. The summed E-state index contributed by atoms with van der Waals surface area (Å²) in [5.74, 6) is 2.62. The average molecular weight is 380 g/mol. The van der Waals surface area contributed by atoms with Crippen molar-refractivity contribution in [3.8, 4) is 5.75 Å². The molecule has 1 aromatic carbocycles. The Kier molecular flexibility index (Phi) is 3.92. The summed E-state index contributed by atoms with van der Waals surface area (Å²) in [6.07, 6.45) is 2.31. The third-order valence-corrected chi connectivity index (χ3v) is 5.33. The zero-order chi connectivity index (χ0) is 19.3. The highest BCUT2D eigenvalue weighted by molar-refractivity contribution is 5.79. The van der Waals surface area contributed by atoms with E-state index in [0.29, 0.717) is 30.3 Å². The summed E-state index contributed by atoms with van der Waals surface area (Å²) in [7, 11) is 0. The molecule has 1 amide bonds. The first kappa shape index (κ1) is 17.0. The van der Waals surface area contributed by atoms with Crippen molar-refractivity contribution in [2.24, 2.45) is 0 Å². The SMILES string of the molecule is C[C@@H]1c2nc(C3CC3)nn2CCN1C(=O)COc1ccc2ccc(=O)oc2c1. The van der Waals surface area contributed by atoms with Crippen LogP contribution in [-0.2, 0) is 11.3 Å². The van der Waals surface area contributed by atoms with E-state index in [1.54, 1.807) is 29.2 Å². The molecule has 0 N–H and O–H groups in total. The summed E-state index contributed by atoms with van der Waals surface area (Å²) < 4.78 is 12.7. The first-order chi connectivity index (χ1) is 13.6. The third-order valence-electron chi connectivity index (χ3n) is 5.33. The van der Waals surface area contributed by atoms with Crippen molar-refractivity contribution in [1.82, 2.24) is 19.7 Å². The molecule has 1 aliphatic heterocycles. The predicted molar refractivity (Wildman–Crippen MR) is 100 cm³/mol. The van der Waals surface area contributed by atoms with Gasteiger partial charge in [-0.3, -0.25) is 4.79 Å². The molecule has 0 radical (unpaired) electrons. The second-order valence-corrected chi connectivity index (χ2v) is 7.33. The largest absolute Gasteiger partial charge is 0.484 e. The molecule has 0 saturated heterocycles. The van der Waals surface area contributed by atoms with Gasteiger partial charge in [-0.15, -0.1) is 0 Å². The summed E-state index contributed by atoms with van der Waals surface area (Å²) in [5.41, 5.74) is 0.0158. The minimum atomic E-state index is -0.419. The fourth-order valence-electron chi connectivity index (χ4n) is 3.60. The van der Waals surface area contributed by atoms with Crippen molar-refractivity contribution < 1.29 is 13.9 Å². The van der Waals surface area contributed by atoms with Crippen LogP contribution in [0.3, 0.4) is 0 Å². The molecular formula is C20H20N4O4. The molecule has 8 nitrogen and oxygen atoms in total. The van der Waals surface area contributed by atoms with E-state index in [2.05, 4.69) is 10.1 Å². The topological polar surface area (TPSA) is 90.5 Å². The quantitative estimate of drug-likeness (QED) is 0.645. The number of nitrogens with zero attached hydrogens (tertiary/aromatic N) is 4. The van der Waals surface area contributed by atoms with Crippen LogP contribution in [0.15, 0.2) is 39.5 Å². The van der Waals surface area contributed by atoms with Crippen LogP contribution < -0.4 is 10.4 Å². The van der Waals surface area contributed by atoms with Gasteiger partial charge in [0.1, 0.15) is 17.2 Å². The Bertz CT molecular complexity index is 1110. The highest BCUT2D eigenvalue weighted by atomic mass is 16.5. The Labute approximate surface area is 160 Å². The lowest BCUT2D eigenvalue weighted by Gasteiger charge is -2.32. The molecule has 1 fully saturated rings. The van der Waals surface area contributed by atoms with Crippen LogP contribution in [0.1, 0.15) is 43.4 Å². The Balaban J connectivity index is 1.28. The fourth-order valence-corrected chi connectivity index (χ4v) is 3.60. The van der Waals surface area contributed by atoms with E-state index in [1.165, 1.54) is 6.07 Å². The number of carbonyl (C=O) groups excluding carboxylic acids is 1. The van der Waals surface area contributed by atoms with Crippen molar-refractivity contribution in [3.05, 3.63) is 52.4 Å². The number of hydrogen-bond donors (Lipinski definition) is 0. The maximum atomic E-state index is 12.7. The standard InChI is InChI=1S/C20H20N4O4/c1-12-20-21-19(14-2-3-14)22-24(20)9-8-23(12)17(25)11-27-15-6-4-13-5-7-18(26)28-16(13)10-15/h4-7,10,12,14H,2-3,8-9,11H2,1H3/t12-/m1/s1. The molecule has 5 rings (SSSR count). The minimum Gasteiger partial charge on any atom is -0.484 e. The molecule has 1 atom stereocenters. The van der Waals surface area contributed by atoms with Crippen molar-refractivity contribution in [3.63, 3.8) is 0 Å². The van der Waals surface area contributed by atoms with Crippen molar-refractivity contribution in [2.45, 2.75) is 38.3 Å². The van der Waals surface area contributed by atoms with Gasteiger partial charge in [-0.1, -0.05) is 0 Å². The van der Waals surface area contributed by atoms with Gasteiger partial charge in [0.15, 0.2) is 12.4 Å². The van der Waals surface area contributed by atoms with Gasteiger partial charge in [0.05, 0.1) is 12.6 Å². The van der Waals surface area contributed by atoms with Crippen molar-refractivity contribution >= 4 is 16.9 Å². The second-order valence-electron chi connectivity index (χ2n) is 7.33. The zero-order valence-electron chi connectivity index (χ0n) is 15.5. The Morgan fingerprint density at radius 2 is 2.07 bits per heavy atom. The predicted octanol–water partition coefficient (Wildman–Crippen LogP) is 2.24. The van der Waals surface area contributed by atoms with Crippen LogP contribution in [0.5, 0.6) is 5.75 Å². The first-order valence-corrected chi connectivity index (χ1v) is 9.49. The maximum absolute atomic E-state index is 12.7. The fraction of sp³-hybridized carbons (Fsp3) is 0.400. The second kappa shape index (κ2) is 6.47. The Morgan fingerprint density at radius 1 is 1.25 bits per heavy atom. The van der Waals surface area contributed by atoms with Crippen LogP contribution in [0.25, 0.3) is 11.0 Å².